The number of nitrogens with two attached hydrogens (primary N) is 1. The number of nitrogens with one attached hydrogen (secondary N) is 1. The van der Waals surface area contributed by atoms with Crippen LogP contribution in [-0.2, 0) is 4.74 Å². The minimum atomic E-state index is -0.614. The summed E-state index contributed by atoms with van der Waals surface area (Å²) in [5, 5.41) is 2.49. The number of carbonyl (C=O) groups excluding carboxylic acids is 2. The average Bonchev–Trinajstić information content (AvgIpc) is 3.08. The highest BCUT2D eigenvalue weighted by atomic mass is 16.5. The van der Waals surface area contributed by atoms with Crippen LogP contribution in [0.4, 0.5) is 10.5 Å². The number of carbonyl (C=O) groups is 2. The van der Waals surface area contributed by atoms with Crippen LogP contribution in [0.15, 0.2) is 24.3 Å². The zero-order chi connectivity index (χ0) is 16.9. The van der Waals surface area contributed by atoms with Gasteiger partial charge in [0.25, 0.3) is 5.91 Å². The van der Waals surface area contributed by atoms with Crippen molar-refractivity contribution in [3.05, 3.63) is 29.8 Å². The Kier molecular flexibility index (Phi) is 5.32. The van der Waals surface area contributed by atoms with Gasteiger partial charge < -0.3 is 20.7 Å². The van der Waals surface area contributed by atoms with E-state index in [0.29, 0.717) is 17.4 Å². The number of benzene rings is 1. The van der Waals surface area contributed by atoms with Crippen molar-refractivity contribution in [1.29, 1.82) is 0 Å². The van der Waals surface area contributed by atoms with E-state index in [1.54, 1.807) is 24.3 Å². The minimum absolute atomic E-state index is 0.0254. The summed E-state index contributed by atoms with van der Waals surface area (Å²) in [4.78, 5) is 27.6. The average molecular weight is 332 g/mol. The highest BCUT2D eigenvalue weighted by molar-refractivity contribution is 5.95. The zero-order valence-electron chi connectivity index (χ0n) is 13.7. The maximum atomic E-state index is 12.6. The van der Waals surface area contributed by atoms with E-state index in [2.05, 4.69) is 10.2 Å². The van der Waals surface area contributed by atoms with Gasteiger partial charge in [0.1, 0.15) is 0 Å². The fraction of sp³-hybridized carbons (Fsp3) is 0.529. The lowest BCUT2D eigenvalue weighted by Gasteiger charge is -2.35. The highest BCUT2D eigenvalue weighted by Gasteiger charge is 2.25. The number of hydrogen-bond donors (Lipinski definition) is 2. The Hall–Kier alpha value is -2.12. The number of rotatable bonds is 4. The first-order valence-corrected chi connectivity index (χ1v) is 8.41. The van der Waals surface area contributed by atoms with Crippen LogP contribution in [0.5, 0.6) is 0 Å². The van der Waals surface area contributed by atoms with Crippen molar-refractivity contribution in [2.24, 2.45) is 5.73 Å². The van der Waals surface area contributed by atoms with Gasteiger partial charge in [0.15, 0.2) is 0 Å². The molecule has 3 rings (SSSR count). The third-order valence-electron chi connectivity index (χ3n) is 4.54. The van der Waals surface area contributed by atoms with Crippen LogP contribution in [0.25, 0.3) is 0 Å². The van der Waals surface area contributed by atoms with E-state index in [1.807, 2.05) is 4.90 Å². The standard InChI is InChI=1S/C17H24N4O3/c18-17(23)19-14-5-3-13(4-6-14)16(22)21-9-7-20(8-10-21)12-15-2-1-11-24-15/h3-6,15H,1-2,7-12H2,(H3,18,19,23). The lowest BCUT2D eigenvalue weighted by atomic mass is 10.1. The summed E-state index contributed by atoms with van der Waals surface area (Å²) in [6, 6.07) is 6.19. The minimum Gasteiger partial charge on any atom is -0.377 e. The van der Waals surface area contributed by atoms with Gasteiger partial charge in [-0.05, 0) is 37.1 Å². The summed E-state index contributed by atoms with van der Waals surface area (Å²) >= 11 is 0. The van der Waals surface area contributed by atoms with E-state index in [4.69, 9.17) is 10.5 Å². The van der Waals surface area contributed by atoms with Crippen molar-refractivity contribution in [2.45, 2.75) is 18.9 Å². The Balaban J connectivity index is 1.50. The van der Waals surface area contributed by atoms with Gasteiger partial charge in [-0.1, -0.05) is 0 Å². The van der Waals surface area contributed by atoms with Crippen LogP contribution < -0.4 is 11.1 Å². The second kappa shape index (κ2) is 7.63. The molecule has 0 bridgehead atoms. The number of hydrogen-bond acceptors (Lipinski definition) is 4. The monoisotopic (exact) mass is 332 g/mol. The number of ether oxygens (including phenoxy) is 1. The maximum absolute atomic E-state index is 12.6. The summed E-state index contributed by atoms with van der Waals surface area (Å²) < 4.78 is 5.68. The van der Waals surface area contributed by atoms with Gasteiger partial charge in [-0.2, -0.15) is 0 Å². The summed E-state index contributed by atoms with van der Waals surface area (Å²) in [5.41, 5.74) is 6.28. The van der Waals surface area contributed by atoms with E-state index >= 15 is 0 Å². The molecule has 0 aromatic heterocycles. The van der Waals surface area contributed by atoms with Crippen molar-refractivity contribution in [3.63, 3.8) is 0 Å². The van der Waals surface area contributed by atoms with E-state index < -0.39 is 6.03 Å². The molecule has 1 atom stereocenters. The molecule has 1 aromatic carbocycles. The van der Waals surface area contributed by atoms with Crippen LogP contribution in [0, 0.1) is 0 Å². The molecular formula is C17H24N4O3. The largest absolute Gasteiger partial charge is 0.377 e. The van der Waals surface area contributed by atoms with Gasteiger partial charge in [-0.15, -0.1) is 0 Å². The lowest BCUT2D eigenvalue weighted by molar-refractivity contribution is 0.0433. The summed E-state index contributed by atoms with van der Waals surface area (Å²) in [6.45, 7) is 5.07. The molecule has 24 heavy (non-hydrogen) atoms. The Morgan fingerprint density at radius 3 is 2.46 bits per heavy atom. The molecule has 2 aliphatic rings. The molecule has 1 unspecified atom stereocenters. The number of anilines is 1. The second-order valence-electron chi connectivity index (χ2n) is 6.29. The fourth-order valence-corrected chi connectivity index (χ4v) is 3.23. The predicted octanol–water partition coefficient (Wildman–Crippen LogP) is 1.11. The van der Waals surface area contributed by atoms with E-state index in [1.165, 1.54) is 0 Å². The third-order valence-corrected chi connectivity index (χ3v) is 4.54. The zero-order valence-corrected chi connectivity index (χ0v) is 13.7. The first-order chi connectivity index (χ1) is 11.6. The Morgan fingerprint density at radius 1 is 1.17 bits per heavy atom. The second-order valence-corrected chi connectivity index (χ2v) is 6.29. The van der Waals surface area contributed by atoms with E-state index in [-0.39, 0.29) is 5.91 Å². The Bertz CT molecular complexity index is 576. The number of urea groups is 1. The molecular weight excluding hydrogens is 308 g/mol. The first-order valence-electron chi connectivity index (χ1n) is 8.41. The molecule has 3 N–H and O–H groups in total. The Morgan fingerprint density at radius 2 is 1.88 bits per heavy atom. The number of nitrogens with zero attached hydrogens (tertiary/aromatic N) is 2. The van der Waals surface area contributed by atoms with Crippen LogP contribution in [0.1, 0.15) is 23.2 Å². The van der Waals surface area contributed by atoms with Gasteiger partial charge in [0.05, 0.1) is 6.10 Å². The summed E-state index contributed by atoms with van der Waals surface area (Å²) in [5.74, 6) is 0.0254. The van der Waals surface area contributed by atoms with Crippen molar-refractivity contribution < 1.29 is 14.3 Å². The molecule has 2 saturated heterocycles. The number of piperazine rings is 1. The van der Waals surface area contributed by atoms with Crippen LogP contribution >= 0.6 is 0 Å². The molecule has 2 fully saturated rings. The van der Waals surface area contributed by atoms with Crippen molar-refractivity contribution in [3.8, 4) is 0 Å². The lowest BCUT2D eigenvalue weighted by Crippen LogP contribution is -2.50. The smallest absolute Gasteiger partial charge is 0.316 e. The molecule has 2 heterocycles. The van der Waals surface area contributed by atoms with Crippen LogP contribution in [0.2, 0.25) is 0 Å². The van der Waals surface area contributed by atoms with Gasteiger partial charge in [0, 0.05) is 50.6 Å². The van der Waals surface area contributed by atoms with Gasteiger partial charge in [0.2, 0.25) is 0 Å². The maximum Gasteiger partial charge on any atom is 0.316 e. The molecule has 3 amide bonds. The topological polar surface area (TPSA) is 87.9 Å². The van der Waals surface area contributed by atoms with Crippen LogP contribution in [-0.4, -0.2) is 67.2 Å². The predicted molar refractivity (Wildman–Crippen MR) is 91.0 cm³/mol. The Labute approximate surface area is 141 Å². The quantitative estimate of drug-likeness (QED) is 0.865. The third kappa shape index (κ3) is 4.24. The van der Waals surface area contributed by atoms with Gasteiger partial charge in [-0.3, -0.25) is 9.69 Å². The highest BCUT2D eigenvalue weighted by Crippen LogP contribution is 2.16. The molecule has 0 spiro atoms. The van der Waals surface area contributed by atoms with Gasteiger partial charge in [-0.25, -0.2) is 4.79 Å². The first kappa shape index (κ1) is 16.7. The molecule has 0 aliphatic carbocycles. The number of primary amides is 1. The molecule has 7 heteroatoms. The fourth-order valence-electron chi connectivity index (χ4n) is 3.23. The summed E-state index contributed by atoms with van der Waals surface area (Å²) in [7, 11) is 0. The van der Waals surface area contributed by atoms with Crippen molar-refractivity contribution >= 4 is 17.6 Å². The van der Waals surface area contributed by atoms with Crippen LogP contribution in [0.3, 0.4) is 0 Å². The van der Waals surface area contributed by atoms with E-state index in [0.717, 1.165) is 52.2 Å². The molecule has 2 aliphatic heterocycles. The normalized spacial score (nSPS) is 21.7. The van der Waals surface area contributed by atoms with Gasteiger partial charge >= 0.3 is 6.03 Å². The summed E-state index contributed by atoms with van der Waals surface area (Å²) in [6.07, 6.45) is 2.66. The van der Waals surface area contributed by atoms with E-state index in [9.17, 15) is 9.59 Å². The molecule has 7 nitrogen and oxygen atoms in total. The molecule has 130 valence electrons. The number of amides is 3. The molecule has 1 aromatic rings. The van der Waals surface area contributed by atoms with Crippen molar-refractivity contribution in [1.82, 2.24) is 9.80 Å². The van der Waals surface area contributed by atoms with Crippen molar-refractivity contribution in [2.75, 3.05) is 44.6 Å². The molecule has 0 saturated carbocycles. The SMILES string of the molecule is NC(=O)Nc1ccc(C(=O)N2CCN(CC3CCCO3)CC2)cc1. The molecule has 0 radical (unpaired) electrons.